The number of aldehydes is 1. The molecule has 2 heterocycles. The first kappa shape index (κ1) is 10.5. The number of nitrogens with zero attached hydrogens (tertiary/aromatic N) is 2. The van der Waals surface area contributed by atoms with E-state index >= 15 is 0 Å². The van der Waals surface area contributed by atoms with Crippen LogP contribution in [0.25, 0.3) is 5.65 Å². The van der Waals surface area contributed by atoms with Crippen molar-refractivity contribution in [1.82, 2.24) is 9.38 Å². The highest BCUT2D eigenvalue weighted by molar-refractivity contribution is 5.77. The zero-order chi connectivity index (χ0) is 11.8. The number of aryl methyl sites for hydroxylation is 1. The average molecular weight is 228 g/mol. The fourth-order valence-corrected chi connectivity index (χ4v) is 2.54. The van der Waals surface area contributed by atoms with Crippen LogP contribution in [-0.4, -0.2) is 15.7 Å². The van der Waals surface area contributed by atoms with Gasteiger partial charge in [0.1, 0.15) is 11.3 Å². The van der Waals surface area contributed by atoms with Gasteiger partial charge in [0, 0.05) is 12.1 Å². The molecular formula is C14H16N2O. The standard InChI is InChI=1S/C14H16N2O/c1-2-10-7-4-8-16-12(9-17)13(15-14(10)16)11-5-3-6-11/h4,7-9,11H,2-3,5-6H2,1H3. The summed E-state index contributed by atoms with van der Waals surface area (Å²) in [5.41, 5.74) is 3.92. The first-order valence-corrected chi connectivity index (χ1v) is 6.30. The van der Waals surface area contributed by atoms with Crippen molar-refractivity contribution in [2.75, 3.05) is 0 Å². The highest BCUT2D eigenvalue weighted by Crippen LogP contribution is 2.37. The minimum Gasteiger partial charge on any atom is -0.297 e. The Balaban J connectivity index is 2.25. The molecule has 0 N–H and O–H groups in total. The van der Waals surface area contributed by atoms with Crippen molar-refractivity contribution in [3.8, 4) is 0 Å². The maximum atomic E-state index is 11.3. The van der Waals surface area contributed by atoms with Crippen molar-refractivity contribution in [3.05, 3.63) is 35.3 Å². The van der Waals surface area contributed by atoms with Gasteiger partial charge >= 0.3 is 0 Å². The molecule has 2 aromatic rings. The largest absolute Gasteiger partial charge is 0.297 e. The Morgan fingerprint density at radius 1 is 1.53 bits per heavy atom. The van der Waals surface area contributed by atoms with Gasteiger partial charge in [-0.25, -0.2) is 4.98 Å². The maximum absolute atomic E-state index is 11.3. The lowest BCUT2D eigenvalue weighted by molar-refractivity contribution is 0.111. The molecule has 0 saturated heterocycles. The van der Waals surface area contributed by atoms with E-state index in [0.717, 1.165) is 29.7 Å². The highest BCUT2D eigenvalue weighted by Gasteiger charge is 2.26. The third-order valence-electron chi connectivity index (χ3n) is 3.78. The van der Waals surface area contributed by atoms with Crippen LogP contribution in [0.4, 0.5) is 0 Å². The van der Waals surface area contributed by atoms with Gasteiger partial charge in [-0.15, -0.1) is 0 Å². The lowest BCUT2D eigenvalue weighted by Crippen LogP contribution is -2.11. The molecule has 17 heavy (non-hydrogen) atoms. The summed E-state index contributed by atoms with van der Waals surface area (Å²) in [6, 6.07) is 4.08. The van der Waals surface area contributed by atoms with Gasteiger partial charge in [-0.05, 0) is 30.9 Å². The zero-order valence-corrected chi connectivity index (χ0v) is 10.0. The number of hydrogen-bond donors (Lipinski definition) is 0. The summed E-state index contributed by atoms with van der Waals surface area (Å²) in [6.07, 6.45) is 7.44. The van der Waals surface area contributed by atoms with E-state index in [9.17, 15) is 4.79 Å². The molecule has 0 unspecified atom stereocenters. The molecule has 3 heteroatoms. The zero-order valence-electron chi connectivity index (χ0n) is 10.0. The molecule has 0 radical (unpaired) electrons. The molecule has 1 aliphatic carbocycles. The molecule has 3 nitrogen and oxygen atoms in total. The van der Waals surface area contributed by atoms with E-state index in [-0.39, 0.29) is 0 Å². The van der Waals surface area contributed by atoms with Gasteiger partial charge in [0.25, 0.3) is 0 Å². The normalized spacial score (nSPS) is 16.1. The smallest absolute Gasteiger partial charge is 0.168 e. The van der Waals surface area contributed by atoms with Crippen LogP contribution in [-0.2, 0) is 6.42 Å². The molecular weight excluding hydrogens is 212 g/mol. The van der Waals surface area contributed by atoms with Gasteiger partial charge in [0.2, 0.25) is 0 Å². The Kier molecular flexibility index (Phi) is 2.46. The van der Waals surface area contributed by atoms with Crippen molar-refractivity contribution in [3.63, 3.8) is 0 Å². The third-order valence-corrected chi connectivity index (χ3v) is 3.78. The van der Waals surface area contributed by atoms with Crippen molar-refractivity contribution < 1.29 is 4.79 Å². The van der Waals surface area contributed by atoms with Gasteiger partial charge in [-0.2, -0.15) is 0 Å². The molecule has 3 rings (SSSR count). The quantitative estimate of drug-likeness (QED) is 0.757. The third kappa shape index (κ3) is 1.49. The van der Waals surface area contributed by atoms with Gasteiger partial charge in [0.15, 0.2) is 6.29 Å². The van der Waals surface area contributed by atoms with Crippen LogP contribution in [0.1, 0.15) is 53.8 Å². The van der Waals surface area contributed by atoms with Crippen molar-refractivity contribution in [2.45, 2.75) is 38.5 Å². The Hall–Kier alpha value is -1.64. The molecule has 1 saturated carbocycles. The molecule has 88 valence electrons. The van der Waals surface area contributed by atoms with Crippen LogP contribution in [0.5, 0.6) is 0 Å². The number of pyridine rings is 1. The predicted octanol–water partition coefficient (Wildman–Crippen LogP) is 2.98. The topological polar surface area (TPSA) is 34.4 Å². The monoisotopic (exact) mass is 228 g/mol. The first-order valence-electron chi connectivity index (χ1n) is 6.30. The summed E-state index contributed by atoms with van der Waals surface area (Å²) < 4.78 is 1.94. The first-order chi connectivity index (χ1) is 8.35. The van der Waals surface area contributed by atoms with E-state index in [1.165, 1.54) is 24.8 Å². The van der Waals surface area contributed by atoms with Crippen LogP contribution in [0.3, 0.4) is 0 Å². The van der Waals surface area contributed by atoms with Crippen LogP contribution in [0.2, 0.25) is 0 Å². The molecule has 2 aromatic heterocycles. The second-order valence-electron chi connectivity index (χ2n) is 4.71. The van der Waals surface area contributed by atoms with Crippen LogP contribution < -0.4 is 0 Å². The van der Waals surface area contributed by atoms with E-state index in [1.54, 1.807) is 0 Å². The lowest BCUT2D eigenvalue weighted by atomic mass is 9.82. The summed E-state index contributed by atoms with van der Waals surface area (Å²) in [5.74, 6) is 0.500. The summed E-state index contributed by atoms with van der Waals surface area (Å²) in [6.45, 7) is 2.12. The molecule has 0 amide bonds. The second-order valence-corrected chi connectivity index (χ2v) is 4.71. The Morgan fingerprint density at radius 2 is 2.35 bits per heavy atom. The molecule has 0 aromatic carbocycles. The van der Waals surface area contributed by atoms with Crippen LogP contribution in [0.15, 0.2) is 18.3 Å². The molecule has 1 fully saturated rings. The van der Waals surface area contributed by atoms with Gasteiger partial charge in [0.05, 0.1) is 5.69 Å². The Bertz CT molecular complexity index is 567. The van der Waals surface area contributed by atoms with Gasteiger partial charge in [-0.3, -0.25) is 9.20 Å². The number of hydrogen-bond acceptors (Lipinski definition) is 2. The number of aromatic nitrogens is 2. The molecule has 0 atom stereocenters. The minimum atomic E-state index is 0.500. The lowest BCUT2D eigenvalue weighted by Gasteiger charge is -2.23. The molecule has 0 aliphatic heterocycles. The number of carbonyl (C=O) groups excluding carboxylic acids is 1. The fourth-order valence-electron chi connectivity index (χ4n) is 2.54. The summed E-state index contributed by atoms with van der Waals surface area (Å²) in [4.78, 5) is 16.0. The number of rotatable bonds is 3. The summed E-state index contributed by atoms with van der Waals surface area (Å²) >= 11 is 0. The van der Waals surface area contributed by atoms with Crippen molar-refractivity contribution in [1.29, 1.82) is 0 Å². The minimum absolute atomic E-state index is 0.500. The van der Waals surface area contributed by atoms with E-state index in [1.807, 2.05) is 16.7 Å². The predicted molar refractivity (Wildman–Crippen MR) is 66.5 cm³/mol. The maximum Gasteiger partial charge on any atom is 0.168 e. The van der Waals surface area contributed by atoms with E-state index in [2.05, 4.69) is 13.0 Å². The van der Waals surface area contributed by atoms with Crippen LogP contribution in [0, 0.1) is 0 Å². The SMILES string of the molecule is CCc1cccn2c(C=O)c(C3CCC3)nc12. The molecule has 1 aliphatic rings. The number of carbonyl (C=O) groups is 1. The summed E-state index contributed by atoms with van der Waals surface area (Å²) in [5, 5.41) is 0. The molecule has 0 spiro atoms. The Labute approximate surface area is 100 Å². The van der Waals surface area contributed by atoms with E-state index in [0.29, 0.717) is 5.92 Å². The van der Waals surface area contributed by atoms with Crippen molar-refractivity contribution >= 4 is 11.9 Å². The second kappa shape index (κ2) is 3.99. The van der Waals surface area contributed by atoms with Crippen molar-refractivity contribution in [2.24, 2.45) is 0 Å². The summed E-state index contributed by atoms with van der Waals surface area (Å²) in [7, 11) is 0. The van der Waals surface area contributed by atoms with E-state index < -0.39 is 0 Å². The van der Waals surface area contributed by atoms with E-state index in [4.69, 9.17) is 4.98 Å². The average Bonchev–Trinajstić information content (AvgIpc) is 2.64. The van der Waals surface area contributed by atoms with Crippen LogP contribution >= 0.6 is 0 Å². The fraction of sp³-hybridized carbons (Fsp3) is 0.429. The van der Waals surface area contributed by atoms with Gasteiger partial charge in [-0.1, -0.05) is 19.4 Å². The number of imidazole rings is 1. The highest BCUT2D eigenvalue weighted by atomic mass is 16.1. The Morgan fingerprint density at radius 3 is 2.94 bits per heavy atom. The number of fused-ring (bicyclic) bond motifs is 1. The molecule has 0 bridgehead atoms. The van der Waals surface area contributed by atoms with Gasteiger partial charge < -0.3 is 0 Å².